The van der Waals surface area contributed by atoms with Gasteiger partial charge in [-0.3, -0.25) is 18.7 Å². The van der Waals surface area contributed by atoms with Crippen LogP contribution in [0.4, 0.5) is 10.2 Å². The van der Waals surface area contributed by atoms with Crippen molar-refractivity contribution in [2.24, 2.45) is 14.1 Å². The molecule has 0 bridgehead atoms. The molecule has 1 aromatic heterocycles. The SMILES string of the molecule is CC(=O)C1=C(C)Nc2c(c(=O)n(C)c(=O)n2C)C1c1ccc(F)cc1. The van der Waals surface area contributed by atoms with Crippen LogP contribution in [-0.2, 0) is 18.9 Å². The molecular weight excluding hydrogens is 325 g/mol. The van der Waals surface area contributed by atoms with Gasteiger partial charge in [0.1, 0.15) is 11.6 Å². The van der Waals surface area contributed by atoms with E-state index >= 15 is 0 Å². The molecule has 1 aromatic carbocycles. The molecule has 7 heteroatoms. The van der Waals surface area contributed by atoms with Crippen molar-refractivity contribution in [3.05, 3.63) is 73.3 Å². The maximum Gasteiger partial charge on any atom is 0.332 e. The monoisotopic (exact) mass is 343 g/mol. The first-order chi connectivity index (χ1) is 11.7. The van der Waals surface area contributed by atoms with Crippen LogP contribution < -0.4 is 16.6 Å². The fraction of sp³-hybridized carbons (Fsp3) is 0.278. The summed E-state index contributed by atoms with van der Waals surface area (Å²) in [6, 6.07) is 5.68. The second kappa shape index (κ2) is 5.84. The zero-order valence-corrected chi connectivity index (χ0v) is 14.4. The first kappa shape index (κ1) is 16.9. The predicted octanol–water partition coefficient (Wildman–Crippen LogP) is 1.64. The third-order valence-corrected chi connectivity index (χ3v) is 4.57. The van der Waals surface area contributed by atoms with Crippen molar-refractivity contribution in [2.75, 3.05) is 5.32 Å². The van der Waals surface area contributed by atoms with E-state index < -0.39 is 23.0 Å². The van der Waals surface area contributed by atoms with Gasteiger partial charge in [-0.15, -0.1) is 0 Å². The van der Waals surface area contributed by atoms with Crippen molar-refractivity contribution in [3.63, 3.8) is 0 Å². The van der Waals surface area contributed by atoms with Gasteiger partial charge in [0.2, 0.25) is 0 Å². The Morgan fingerprint density at radius 3 is 2.28 bits per heavy atom. The van der Waals surface area contributed by atoms with Gasteiger partial charge in [-0.2, -0.15) is 0 Å². The summed E-state index contributed by atoms with van der Waals surface area (Å²) in [5.74, 6) is -0.915. The summed E-state index contributed by atoms with van der Waals surface area (Å²) in [6.45, 7) is 3.15. The maximum absolute atomic E-state index is 13.3. The molecule has 6 nitrogen and oxygen atoms in total. The van der Waals surface area contributed by atoms with Gasteiger partial charge in [-0.1, -0.05) is 12.1 Å². The minimum atomic E-state index is -0.667. The summed E-state index contributed by atoms with van der Waals surface area (Å²) in [4.78, 5) is 37.3. The summed E-state index contributed by atoms with van der Waals surface area (Å²) in [6.07, 6.45) is 0. The number of anilines is 1. The molecule has 1 N–H and O–H groups in total. The number of aromatic nitrogens is 2. The van der Waals surface area contributed by atoms with E-state index in [0.29, 0.717) is 28.2 Å². The number of halogens is 1. The van der Waals surface area contributed by atoms with Crippen LogP contribution in [0.25, 0.3) is 0 Å². The number of nitrogens with one attached hydrogen (secondary N) is 1. The first-order valence-corrected chi connectivity index (χ1v) is 7.78. The molecule has 0 radical (unpaired) electrons. The van der Waals surface area contributed by atoms with E-state index in [-0.39, 0.29) is 5.78 Å². The molecule has 0 saturated carbocycles. The van der Waals surface area contributed by atoms with Gasteiger partial charge in [-0.25, -0.2) is 9.18 Å². The molecule has 3 rings (SSSR count). The Kier molecular flexibility index (Phi) is 3.94. The number of ketones is 1. The fourth-order valence-electron chi connectivity index (χ4n) is 3.34. The summed E-state index contributed by atoms with van der Waals surface area (Å²) < 4.78 is 15.7. The number of rotatable bonds is 2. The van der Waals surface area contributed by atoms with Crippen molar-refractivity contribution in [1.82, 2.24) is 9.13 Å². The summed E-state index contributed by atoms with van der Waals surface area (Å²) in [5, 5.41) is 3.01. The molecule has 1 unspecified atom stereocenters. The number of hydrogen-bond donors (Lipinski definition) is 1. The van der Waals surface area contributed by atoms with Crippen LogP contribution in [0.1, 0.15) is 30.9 Å². The number of carbonyl (C=O) groups is 1. The molecule has 2 aromatic rings. The molecule has 130 valence electrons. The molecule has 2 heterocycles. The molecule has 1 atom stereocenters. The van der Waals surface area contributed by atoms with E-state index in [1.54, 1.807) is 26.1 Å². The quantitative estimate of drug-likeness (QED) is 0.900. The van der Waals surface area contributed by atoms with Gasteiger partial charge in [0.25, 0.3) is 5.56 Å². The lowest BCUT2D eigenvalue weighted by molar-refractivity contribution is -0.113. The van der Waals surface area contributed by atoms with Gasteiger partial charge in [0.05, 0.1) is 5.56 Å². The highest BCUT2D eigenvalue weighted by Crippen LogP contribution is 2.39. The molecule has 0 amide bonds. The minimum absolute atomic E-state index is 0.194. The van der Waals surface area contributed by atoms with Gasteiger partial charge < -0.3 is 5.32 Å². The number of hydrogen-bond acceptors (Lipinski definition) is 4. The number of carbonyl (C=O) groups excluding carboxylic acids is 1. The highest BCUT2D eigenvalue weighted by atomic mass is 19.1. The minimum Gasteiger partial charge on any atom is -0.344 e. The van der Waals surface area contributed by atoms with Crippen LogP contribution in [-0.4, -0.2) is 14.9 Å². The van der Waals surface area contributed by atoms with E-state index in [1.165, 1.54) is 30.7 Å². The fourth-order valence-corrected chi connectivity index (χ4v) is 3.34. The summed E-state index contributed by atoms with van der Waals surface area (Å²) >= 11 is 0. The Labute approximate surface area is 143 Å². The highest BCUT2D eigenvalue weighted by Gasteiger charge is 2.35. The van der Waals surface area contributed by atoms with Crippen molar-refractivity contribution < 1.29 is 9.18 Å². The lowest BCUT2D eigenvalue weighted by Gasteiger charge is -2.30. The van der Waals surface area contributed by atoms with Crippen LogP contribution in [0.2, 0.25) is 0 Å². The summed E-state index contributed by atoms with van der Waals surface area (Å²) in [7, 11) is 2.95. The number of allylic oxidation sites excluding steroid dienone is 2. The largest absolute Gasteiger partial charge is 0.344 e. The Morgan fingerprint density at radius 1 is 1.12 bits per heavy atom. The van der Waals surface area contributed by atoms with E-state index in [4.69, 9.17) is 0 Å². The number of Topliss-reactive ketones (excluding diaryl/α,β-unsaturated/α-hetero) is 1. The van der Waals surface area contributed by atoms with Gasteiger partial charge in [-0.05, 0) is 31.5 Å². The van der Waals surface area contributed by atoms with E-state index in [1.807, 2.05) is 0 Å². The second-order valence-corrected chi connectivity index (χ2v) is 6.17. The lowest BCUT2D eigenvalue weighted by Crippen LogP contribution is -2.43. The van der Waals surface area contributed by atoms with Crippen molar-refractivity contribution in [2.45, 2.75) is 19.8 Å². The smallest absolute Gasteiger partial charge is 0.332 e. The highest BCUT2D eigenvalue weighted by molar-refractivity contribution is 5.98. The van der Waals surface area contributed by atoms with Crippen LogP contribution in [0.5, 0.6) is 0 Å². The lowest BCUT2D eigenvalue weighted by atomic mass is 9.80. The predicted molar refractivity (Wildman–Crippen MR) is 92.2 cm³/mol. The Hall–Kier alpha value is -2.96. The second-order valence-electron chi connectivity index (χ2n) is 6.17. The van der Waals surface area contributed by atoms with Crippen molar-refractivity contribution in [3.8, 4) is 0 Å². The molecule has 0 saturated heterocycles. The Balaban J connectivity index is 2.42. The molecule has 1 aliphatic heterocycles. The average Bonchev–Trinajstić information content (AvgIpc) is 2.57. The van der Waals surface area contributed by atoms with Crippen LogP contribution in [0.15, 0.2) is 45.1 Å². The normalized spacial score (nSPS) is 16.4. The third-order valence-electron chi connectivity index (χ3n) is 4.57. The number of nitrogens with zero attached hydrogens (tertiary/aromatic N) is 2. The Bertz CT molecular complexity index is 1030. The van der Waals surface area contributed by atoms with Crippen LogP contribution >= 0.6 is 0 Å². The van der Waals surface area contributed by atoms with E-state index in [0.717, 1.165) is 4.57 Å². The molecule has 0 aliphatic carbocycles. The zero-order chi connectivity index (χ0) is 18.5. The number of fused-ring (bicyclic) bond motifs is 1. The van der Waals surface area contributed by atoms with Gasteiger partial charge in [0, 0.05) is 31.3 Å². The topological polar surface area (TPSA) is 73.1 Å². The number of benzene rings is 1. The van der Waals surface area contributed by atoms with Gasteiger partial charge in [0.15, 0.2) is 5.78 Å². The molecule has 25 heavy (non-hydrogen) atoms. The zero-order valence-electron chi connectivity index (χ0n) is 14.4. The standard InChI is InChI=1S/C18H18FN3O3/c1-9-13(10(2)23)14(11-5-7-12(19)8-6-11)15-16(20-9)21(3)18(25)22(4)17(15)24/h5-8,14,20H,1-4H3. The van der Waals surface area contributed by atoms with Crippen LogP contribution in [0, 0.1) is 5.82 Å². The third kappa shape index (κ3) is 2.52. The molecule has 0 spiro atoms. The van der Waals surface area contributed by atoms with Crippen molar-refractivity contribution >= 4 is 11.6 Å². The van der Waals surface area contributed by atoms with Crippen LogP contribution in [0.3, 0.4) is 0 Å². The van der Waals surface area contributed by atoms with Gasteiger partial charge >= 0.3 is 5.69 Å². The summed E-state index contributed by atoms with van der Waals surface area (Å²) in [5.41, 5.74) is 0.961. The first-order valence-electron chi connectivity index (χ1n) is 7.78. The average molecular weight is 343 g/mol. The maximum atomic E-state index is 13.3. The van der Waals surface area contributed by atoms with E-state index in [2.05, 4.69) is 5.32 Å². The Morgan fingerprint density at radius 2 is 1.72 bits per heavy atom. The molecule has 0 fully saturated rings. The van der Waals surface area contributed by atoms with E-state index in [9.17, 15) is 18.8 Å². The molecular formula is C18H18FN3O3. The van der Waals surface area contributed by atoms with Crippen molar-refractivity contribution in [1.29, 1.82) is 0 Å². The molecule has 1 aliphatic rings.